The number of piperazine rings is 1. The lowest BCUT2D eigenvalue weighted by molar-refractivity contribution is -0.137. The second kappa shape index (κ2) is 10.9. The van der Waals surface area contributed by atoms with Gasteiger partial charge in [-0.25, -0.2) is 4.68 Å². The predicted molar refractivity (Wildman–Crippen MR) is 129 cm³/mol. The number of likely N-dealkylation sites (N-methyl/N-ethyl adjacent to an activating group) is 1. The summed E-state index contributed by atoms with van der Waals surface area (Å²) in [5.74, 6) is 0. The van der Waals surface area contributed by atoms with Crippen LogP contribution < -0.4 is 5.32 Å². The molecule has 4 rings (SSSR count). The molecule has 1 aromatic heterocycles. The minimum atomic E-state index is -4.37. The van der Waals surface area contributed by atoms with E-state index in [-0.39, 0.29) is 0 Å². The Balaban J connectivity index is 1.45. The van der Waals surface area contributed by atoms with E-state index in [0.717, 1.165) is 74.8 Å². The van der Waals surface area contributed by atoms with Crippen LogP contribution in [-0.4, -0.2) is 65.9 Å². The number of rotatable bonds is 8. The van der Waals surface area contributed by atoms with Crippen LogP contribution >= 0.6 is 11.6 Å². The van der Waals surface area contributed by atoms with Crippen molar-refractivity contribution in [3.63, 3.8) is 0 Å². The van der Waals surface area contributed by atoms with Crippen LogP contribution in [0, 0.1) is 0 Å². The molecule has 0 aliphatic carbocycles. The second-order valence-electron chi connectivity index (χ2n) is 8.66. The minimum absolute atomic E-state index is 0.560. The van der Waals surface area contributed by atoms with Crippen molar-refractivity contribution < 1.29 is 13.2 Å². The maximum absolute atomic E-state index is 13.0. The molecular weight excluding hydrogens is 463 g/mol. The summed E-state index contributed by atoms with van der Waals surface area (Å²) >= 11 is 6.01. The molecule has 0 atom stereocenters. The van der Waals surface area contributed by atoms with Crippen LogP contribution in [0.25, 0.3) is 16.9 Å². The Morgan fingerprint density at radius 3 is 2.29 bits per heavy atom. The van der Waals surface area contributed by atoms with E-state index in [4.69, 9.17) is 16.7 Å². The normalized spacial score (nSPS) is 15.7. The van der Waals surface area contributed by atoms with Gasteiger partial charge in [0.1, 0.15) is 0 Å². The van der Waals surface area contributed by atoms with Gasteiger partial charge in [-0.2, -0.15) is 18.3 Å². The van der Waals surface area contributed by atoms with Crippen molar-refractivity contribution in [3.05, 3.63) is 70.9 Å². The topological polar surface area (TPSA) is 36.3 Å². The summed E-state index contributed by atoms with van der Waals surface area (Å²) in [7, 11) is 2.15. The van der Waals surface area contributed by atoms with Crippen molar-refractivity contribution in [3.8, 4) is 16.9 Å². The molecule has 2 aromatic carbocycles. The van der Waals surface area contributed by atoms with E-state index in [1.807, 2.05) is 18.2 Å². The van der Waals surface area contributed by atoms with Crippen molar-refractivity contribution in [1.29, 1.82) is 0 Å². The lowest BCUT2D eigenvalue weighted by Crippen LogP contribution is -2.45. The van der Waals surface area contributed by atoms with Crippen LogP contribution in [0.4, 0.5) is 13.2 Å². The van der Waals surface area contributed by atoms with Gasteiger partial charge in [0.15, 0.2) is 0 Å². The molecule has 1 aliphatic heterocycles. The Morgan fingerprint density at radius 2 is 1.65 bits per heavy atom. The Labute approximate surface area is 203 Å². The first-order valence-electron chi connectivity index (χ1n) is 11.4. The van der Waals surface area contributed by atoms with Crippen LogP contribution in [0.1, 0.15) is 17.7 Å². The summed E-state index contributed by atoms with van der Waals surface area (Å²) in [6, 6.07) is 14.4. The lowest BCUT2D eigenvalue weighted by atomic mass is 10.1. The molecule has 9 heteroatoms. The highest BCUT2D eigenvalue weighted by Crippen LogP contribution is 2.30. The monoisotopic (exact) mass is 491 g/mol. The molecule has 0 spiro atoms. The number of aromatic nitrogens is 2. The molecule has 182 valence electrons. The van der Waals surface area contributed by atoms with Crippen molar-refractivity contribution in [2.75, 3.05) is 46.3 Å². The van der Waals surface area contributed by atoms with Gasteiger partial charge in [0, 0.05) is 43.3 Å². The number of hydrogen-bond acceptors (Lipinski definition) is 4. The van der Waals surface area contributed by atoms with Gasteiger partial charge in [0.25, 0.3) is 0 Å². The van der Waals surface area contributed by atoms with Gasteiger partial charge in [-0.05, 0) is 69.0 Å². The van der Waals surface area contributed by atoms with E-state index in [1.165, 1.54) is 12.1 Å². The van der Waals surface area contributed by atoms with Gasteiger partial charge in [0.05, 0.1) is 22.6 Å². The van der Waals surface area contributed by atoms with Crippen molar-refractivity contribution in [2.45, 2.75) is 19.1 Å². The molecule has 1 N–H and O–H groups in total. The molecule has 3 aromatic rings. The average molecular weight is 492 g/mol. The Kier molecular flexibility index (Phi) is 7.93. The molecule has 0 saturated carbocycles. The molecule has 1 saturated heterocycles. The smallest absolute Gasteiger partial charge is 0.311 e. The molecule has 5 nitrogen and oxygen atoms in total. The SMILES string of the molecule is CN1CCN(CCCNCc2cc(-c3ccc(Cl)cc3)nn2-c2ccc(C(F)(F)F)cc2)CC1. The maximum atomic E-state index is 13.0. The first kappa shape index (κ1) is 24.7. The van der Waals surface area contributed by atoms with Crippen LogP contribution in [0.3, 0.4) is 0 Å². The summed E-state index contributed by atoms with van der Waals surface area (Å²) in [5, 5.41) is 8.79. The van der Waals surface area contributed by atoms with Crippen LogP contribution in [0.15, 0.2) is 54.6 Å². The van der Waals surface area contributed by atoms with Gasteiger partial charge in [-0.1, -0.05) is 23.7 Å². The molecule has 2 heterocycles. The van der Waals surface area contributed by atoms with Gasteiger partial charge in [-0.3, -0.25) is 0 Å². The van der Waals surface area contributed by atoms with E-state index in [9.17, 15) is 13.2 Å². The molecule has 1 aliphatic rings. The zero-order chi connectivity index (χ0) is 24.1. The zero-order valence-electron chi connectivity index (χ0n) is 19.2. The average Bonchev–Trinajstić information content (AvgIpc) is 3.24. The van der Waals surface area contributed by atoms with E-state index < -0.39 is 11.7 Å². The Hall–Kier alpha value is -2.39. The van der Waals surface area contributed by atoms with Gasteiger partial charge in [-0.15, -0.1) is 0 Å². The van der Waals surface area contributed by atoms with Crippen LogP contribution in [-0.2, 0) is 12.7 Å². The fraction of sp³-hybridized carbons (Fsp3) is 0.400. The number of halogens is 4. The molecule has 1 fully saturated rings. The highest BCUT2D eigenvalue weighted by Gasteiger charge is 2.30. The number of alkyl halides is 3. The Morgan fingerprint density at radius 1 is 0.971 bits per heavy atom. The number of nitrogens with one attached hydrogen (secondary N) is 1. The van der Waals surface area contributed by atoms with E-state index in [1.54, 1.807) is 16.8 Å². The third-order valence-electron chi connectivity index (χ3n) is 6.09. The third-order valence-corrected chi connectivity index (χ3v) is 6.34. The highest BCUT2D eigenvalue weighted by molar-refractivity contribution is 6.30. The summed E-state index contributed by atoms with van der Waals surface area (Å²) < 4.78 is 40.7. The van der Waals surface area contributed by atoms with Crippen molar-refractivity contribution >= 4 is 11.6 Å². The fourth-order valence-corrected chi connectivity index (χ4v) is 4.16. The van der Waals surface area contributed by atoms with Gasteiger partial charge >= 0.3 is 6.18 Å². The lowest BCUT2D eigenvalue weighted by Gasteiger charge is -2.32. The molecular formula is C25H29ClF3N5. The number of hydrogen-bond donors (Lipinski definition) is 1. The largest absolute Gasteiger partial charge is 0.416 e. The second-order valence-corrected chi connectivity index (χ2v) is 9.10. The zero-order valence-corrected chi connectivity index (χ0v) is 19.9. The summed E-state index contributed by atoms with van der Waals surface area (Å²) in [6.07, 6.45) is -3.34. The van der Waals surface area contributed by atoms with Gasteiger partial charge < -0.3 is 15.1 Å². The predicted octanol–water partition coefficient (Wildman–Crippen LogP) is 4.94. The quantitative estimate of drug-likeness (QED) is 0.453. The molecule has 0 bridgehead atoms. The van der Waals surface area contributed by atoms with E-state index in [2.05, 4.69) is 22.2 Å². The minimum Gasteiger partial charge on any atom is -0.311 e. The first-order valence-corrected chi connectivity index (χ1v) is 11.8. The van der Waals surface area contributed by atoms with E-state index >= 15 is 0 Å². The maximum Gasteiger partial charge on any atom is 0.416 e. The fourth-order valence-electron chi connectivity index (χ4n) is 4.04. The van der Waals surface area contributed by atoms with Crippen LogP contribution in [0.5, 0.6) is 0 Å². The molecule has 0 unspecified atom stereocenters. The molecule has 0 amide bonds. The number of benzene rings is 2. The summed E-state index contributed by atoms with van der Waals surface area (Å²) in [4.78, 5) is 4.82. The molecule has 34 heavy (non-hydrogen) atoms. The van der Waals surface area contributed by atoms with Crippen LogP contribution in [0.2, 0.25) is 5.02 Å². The standard InChI is InChI=1S/C25H29ClF3N5/c1-32-13-15-33(16-14-32)12-2-11-30-18-23-17-24(19-3-7-21(26)8-4-19)31-34(23)22-9-5-20(6-10-22)25(27,28)29/h3-10,17,30H,2,11-16,18H2,1H3. The first-order chi connectivity index (χ1) is 16.3. The summed E-state index contributed by atoms with van der Waals surface area (Å²) in [6.45, 7) is 6.86. The molecule has 0 radical (unpaired) electrons. The van der Waals surface area contributed by atoms with Crippen molar-refractivity contribution in [1.82, 2.24) is 24.9 Å². The number of nitrogens with zero attached hydrogens (tertiary/aromatic N) is 4. The summed E-state index contributed by atoms with van der Waals surface area (Å²) in [5.41, 5.74) is 2.42. The van der Waals surface area contributed by atoms with Crippen molar-refractivity contribution in [2.24, 2.45) is 0 Å². The highest BCUT2D eigenvalue weighted by atomic mass is 35.5. The Bertz CT molecular complexity index is 1060. The van der Waals surface area contributed by atoms with E-state index in [0.29, 0.717) is 17.3 Å². The van der Waals surface area contributed by atoms with Gasteiger partial charge in [0.2, 0.25) is 0 Å². The third kappa shape index (κ3) is 6.39.